The average Bonchev–Trinajstić information content (AvgIpc) is 2.38. The van der Waals surface area contributed by atoms with E-state index < -0.39 is 0 Å². The first-order valence-corrected chi connectivity index (χ1v) is 7.43. The van der Waals surface area contributed by atoms with Crippen molar-refractivity contribution in [1.29, 1.82) is 0 Å². The van der Waals surface area contributed by atoms with Crippen molar-refractivity contribution < 1.29 is 9.47 Å². The normalized spacial score (nSPS) is 28.5. The van der Waals surface area contributed by atoms with Crippen LogP contribution in [0.1, 0.15) is 63.7 Å². The monoisotopic (exact) mass is 260 g/mol. The topological polar surface area (TPSA) is 18.5 Å². The summed E-state index contributed by atoms with van der Waals surface area (Å²) >= 11 is 0. The molecule has 3 rings (SSSR count). The van der Waals surface area contributed by atoms with E-state index in [9.17, 15) is 0 Å². The second-order valence-corrected chi connectivity index (χ2v) is 6.70. The molecule has 0 aliphatic carbocycles. The van der Waals surface area contributed by atoms with Crippen LogP contribution >= 0.6 is 0 Å². The zero-order valence-corrected chi connectivity index (χ0v) is 12.4. The minimum absolute atomic E-state index is 0.128. The van der Waals surface area contributed by atoms with Crippen LogP contribution < -0.4 is 4.74 Å². The van der Waals surface area contributed by atoms with Gasteiger partial charge in [-0.3, -0.25) is 0 Å². The van der Waals surface area contributed by atoms with Gasteiger partial charge in [-0.2, -0.15) is 0 Å². The van der Waals surface area contributed by atoms with Crippen molar-refractivity contribution in [2.75, 3.05) is 6.61 Å². The fourth-order valence-electron chi connectivity index (χ4n) is 3.40. The van der Waals surface area contributed by atoms with Gasteiger partial charge in [-0.15, -0.1) is 0 Å². The summed E-state index contributed by atoms with van der Waals surface area (Å²) in [6, 6.07) is 6.60. The van der Waals surface area contributed by atoms with E-state index in [0.717, 1.165) is 18.8 Å². The third kappa shape index (κ3) is 2.16. The lowest BCUT2D eigenvalue weighted by Crippen LogP contribution is -2.47. The lowest BCUT2D eigenvalue weighted by atomic mass is 9.76. The van der Waals surface area contributed by atoms with Gasteiger partial charge in [0.2, 0.25) is 0 Å². The summed E-state index contributed by atoms with van der Waals surface area (Å²) in [5.41, 5.74) is 2.50. The van der Waals surface area contributed by atoms with E-state index in [4.69, 9.17) is 9.47 Å². The van der Waals surface area contributed by atoms with Gasteiger partial charge in [0.05, 0.1) is 6.10 Å². The van der Waals surface area contributed by atoms with Gasteiger partial charge in [-0.05, 0) is 50.3 Å². The molecule has 2 heterocycles. The maximum atomic E-state index is 6.24. The molecular formula is C17H24O2. The van der Waals surface area contributed by atoms with Crippen LogP contribution in [0.3, 0.4) is 0 Å². The maximum Gasteiger partial charge on any atom is 0.125 e. The Kier molecular flexibility index (Phi) is 3.09. The van der Waals surface area contributed by atoms with Gasteiger partial charge in [0.15, 0.2) is 0 Å². The molecule has 0 amide bonds. The van der Waals surface area contributed by atoms with E-state index in [1.54, 1.807) is 0 Å². The van der Waals surface area contributed by atoms with Crippen LogP contribution in [0.15, 0.2) is 18.2 Å². The van der Waals surface area contributed by atoms with Crippen LogP contribution in [0.4, 0.5) is 0 Å². The summed E-state index contributed by atoms with van der Waals surface area (Å²) < 4.78 is 12.3. The van der Waals surface area contributed by atoms with Crippen LogP contribution in [-0.4, -0.2) is 12.2 Å². The molecule has 19 heavy (non-hydrogen) atoms. The predicted molar refractivity (Wildman–Crippen MR) is 76.7 cm³/mol. The molecule has 2 aliphatic rings. The Morgan fingerprint density at radius 1 is 1.26 bits per heavy atom. The Morgan fingerprint density at radius 3 is 2.79 bits per heavy atom. The zero-order valence-electron chi connectivity index (χ0n) is 12.4. The summed E-state index contributed by atoms with van der Waals surface area (Å²) in [6.45, 7) is 9.73. The number of ether oxygens (including phenoxy) is 2. The van der Waals surface area contributed by atoms with Gasteiger partial charge >= 0.3 is 0 Å². The van der Waals surface area contributed by atoms with E-state index in [1.165, 1.54) is 17.5 Å². The molecule has 0 saturated carbocycles. The van der Waals surface area contributed by atoms with Crippen molar-refractivity contribution in [3.05, 3.63) is 29.3 Å². The molecule has 0 radical (unpaired) electrons. The first-order valence-electron chi connectivity index (χ1n) is 7.43. The number of fused-ring (bicyclic) bond motifs is 3. The Labute approximate surface area is 116 Å². The van der Waals surface area contributed by atoms with Gasteiger partial charge in [0.1, 0.15) is 11.4 Å². The van der Waals surface area contributed by atoms with E-state index in [2.05, 4.69) is 45.9 Å². The van der Waals surface area contributed by atoms with Gasteiger partial charge in [0.25, 0.3) is 0 Å². The highest BCUT2D eigenvalue weighted by Gasteiger charge is 2.45. The standard InChI is InChI=1S/C17H24O2/c1-11(2)12-7-8-15-13(10-12)16-14(6-5-9-18-16)17(3,4)19-15/h7-8,10-11,14,16H,5-6,9H2,1-4H3/t14-,16+/m0/s1. The largest absolute Gasteiger partial charge is 0.487 e. The average molecular weight is 260 g/mol. The number of hydrogen-bond donors (Lipinski definition) is 0. The third-order valence-electron chi connectivity index (χ3n) is 4.60. The van der Waals surface area contributed by atoms with Crippen molar-refractivity contribution >= 4 is 0 Å². The zero-order chi connectivity index (χ0) is 13.6. The third-order valence-corrected chi connectivity index (χ3v) is 4.60. The molecule has 0 spiro atoms. The molecule has 2 heteroatoms. The summed E-state index contributed by atoms with van der Waals surface area (Å²) in [7, 11) is 0. The number of hydrogen-bond acceptors (Lipinski definition) is 2. The lowest BCUT2D eigenvalue weighted by molar-refractivity contribution is -0.116. The molecule has 0 aromatic heterocycles. The highest BCUT2D eigenvalue weighted by Crippen LogP contribution is 2.49. The molecule has 2 aliphatic heterocycles. The molecule has 0 N–H and O–H groups in total. The Balaban J connectivity index is 2.05. The SMILES string of the molecule is CC(C)c1ccc2c(c1)[C@H]1OCCC[C@@H]1C(C)(C)O2. The van der Waals surface area contributed by atoms with Gasteiger partial charge in [-0.25, -0.2) is 0 Å². The molecular weight excluding hydrogens is 236 g/mol. The minimum atomic E-state index is -0.128. The fraction of sp³-hybridized carbons (Fsp3) is 0.647. The minimum Gasteiger partial charge on any atom is -0.487 e. The van der Waals surface area contributed by atoms with E-state index in [-0.39, 0.29) is 11.7 Å². The van der Waals surface area contributed by atoms with Crippen LogP contribution in [-0.2, 0) is 4.74 Å². The van der Waals surface area contributed by atoms with Gasteiger partial charge < -0.3 is 9.47 Å². The predicted octanol–water partition coefficient (Wildman–Crippen LogP) is 4.45. The first-order chi connectivity index (χ1) is 8.99. The Morgan fingerprint density at radius 2 is 2.05 bits per heavy atom. The molecule has 1 saturated heterocycles. The Hall–Kier alpha value is -1.02. The van der Waals surface area contributed by atoms with E-state index in [0.29, 0.717) is 11.8 Å². The number of benzene rings is 1. The summed E-state index contributed by atoms with van der Waals surface area (Å²) in [5.74, 6) is 2.02. The van der Waals surface area contributed by atoms with Crippen molar-refractivity contribution in [3.8, 4) is 5.75 Å². The van der Waals surface area contributed by atoms with Crippen molar-refractivity contribution in [3.63, 3.8) is 0 Å². The molecule has 104 valence electrons. The quantitative estimate of drug-likeness (QED) is 0.742. The number of rotatable bonds is 1. The maximum absolute atomic E-state index is 6.24. The van der Waals surface area contributed by atoms with Crippen molar-refractivity contribution in [2.45, 2.75) is 58.2 Å². The van der Waals surface area contributed by atoms with Crippen LogP contribution in [0, 0.1) is 5.92 Å². The molecule has 2 atom stereocenters. The highest BCUT2D eigenvalue weighted by atomic mass is 16.5. The molecule has 2 nitrogen and oxygen atoms in total. The summed E-state index contributed by atoms with van der Waals surface area (Å²) in [4.78, 5) is 0. The molecule has 1 aromatic rings. The molecule has 1 aromatic carbocycles. The van der Waals surface area contributed by atoms with Gasteiger partial charge in [-0.1, -0.05) is 19.9 Å². The fourth-order valence-corrected chi connectivity index (χ4v) is 3.40. The van der Waals surface area contributed by atoms with Crippen molar-refractivity contribution in [1.82, 2.24) is 0 Å². The van der Waals surface area contributed by atoms with Gasteiger partial charge in [0, 0.05) is 18.1 Å². The highest BCUT2D eigenvalue weighted by molar-refractivity contribution is 5.43. The van der Waals surface area contributed by atoms with Crippen LogP contribution in [0.2, 0.25) is 0 Å². The smallest absolute Gasteiger partial charge is 0.125 e. The van der Waals surface area contributed by atoms with Crippen LogP contribution in [0.5, 0.6) is 5.75 Å². The molecule has 1 fully saturated rings. The van der Waals surface area contributed by atoms with E-state index in [1.807, 2.05) is 0 Å². The second-order valence-electron chi connectivity index (χ2n) is 6.70. The summed E-state index contributed by atoms with van der Waals surface area (Å²) in [5, 5.41) is 0. The molecule has 0 bridgehead atoms. The molecule has 0 unspecified atom stereocenters. The Bertz CT molecular complexity index is 476. The van der Waals surface area contributed by atoms with Crippen molar-refractivity contribution in [2.24, 2.45) is 5.92 Å². The van der Waals surface area contributed by atoms with E-state index >= 15 is 0 Å². The van der Waals surface area contributed by atoms with Crippen LogP contribution in [0.25, 0.3) is 0 Å². The lowest BCUT2D eigenvalue weighted by Gasteiger charge is -2.47. The first kappa shape index (κ1) is 13.0. The summed E-state index contributed by atoms with van der Waals surface area (Å²) in [6.07, 6.45) is 2.56. The second kappa shape index (κ2) is 4.52.